The summed E-state index contributed by atoms with van der Waals surface area (Å²) in [7, 11) is 0. The number of benzene rings is 1. The molecular formula is C14H12F9N. The highest BCUT2D eigenvalue weighted by molar-refractivity contribution is 5.47. The molecule has 0 aromatic heterocycles. The van der Waals surface area contributed by atoms with Crippen LogP contribution in [-0.2, 0) is 6.54 Å². The largest absolute Gasteiger partial charge is 0.460 e. The van der Waals surface area contributed by atoms with Gasteiger partial charge in [0.1, 0.15) is 0 Å². The number of hydrogen-bond donors (Lipinski definition) is 1. The van der Waals surface area contributed by atoms with Gasteiger partial charge in [0.05, 0.1) is 6.54 Å². The van der Waals surface area contributed by atoms with E-state index in [9.17, 15) is 39.5 Å². The normalized spacial score (nSPS) is 13.9. The van der Waals surface area contributed by atoms with Crippen LogP contribution in [-0.4, -0.2) is 30.5 Å². The smallest absolute Gasteiger partial charge is 0.307 e. The molecule has 1 rings (SSSR count). The minimum atomic E-state index is -6.86. The van der Waals surface area contributed by atoms with Crippen molar-refractivity contribution in [3.8, 4) is 0 Å². The highest BCUT2D eigenvalue weighted by atomic mass is 19.4. The zero-order chi connectivity index (χ0) is 18.8. The molecule has 0 aliphatic carbocycles. The van der Waals surface area contributed by atoms with Gasteiger partial charge in [0.2, 0.25) is 0 Å². The molecule has 1 nitrogen and oxygen atoms in total. The Bertz CT molecular complexity index is 561. The molecule has 0 spiro atoms. The first kappa shape index (κ1) is 20.3. The van der Waals surface area contributed by atoms with Crippen molar-refractivity contribution in [2.45, 2.75) is 30.5 Å². The van der Waals surface area contributed by atoms with Crippen molar-refractivity contribution < 1.29 is 39.5 Å². The molecule has 24 heavy (non-hydrogen) atoms. The van der Waals surface area contributed by atoms with Crippen LogP contribution in [0, 0.1) is 0 Å². The second-order valence-corrected chi connectivity index (χ2v) is 4.90. The van der Waals surface area contributed by atoms with Gasteiger partial charge in [-0.3, -0.25) is 0 Å². The van der Waals surface area contributed by atoms with Gasteiger partial charge in [-0.15, -0.1) is 0 Å². The van der Waals surface area contributed by atoms with Crippen LogP contribution < -0.4 is 5.32 Å². The molecule has 0 amide bonds. The van der Waals surface area contributed by atoms with Gasteiger partial charge in [-0.1, -0.05) is 36.9 Å². The molecule has 0 fully saturated rings. The molecule has 0 aliphatic rings. The highest BCUT2D eigenvalue weighted by Gasteiger charge is 2.81. The van der Waals surface area contributed by atoms with Crippen molar-refractivity contribution in [3.63, 3.8) is 0 Å². The molecule has 1 aromatic carbocycles. The Kier molecular flexibility index (Phi) is 5.64. The predicted octanol–water partition coefficient (Wildman–Crippen LogP) is 4.89. The van der Waals surface area contributed by atoms with E-state index in [1.165, 1.54) is 30.3 Å². The summed E-state index contributed by atoms with van der Waals surface area (Å²) in [6.45, 7) is 0.973. The maximum absolute atomic E-state index is 13.2. The van der Waals surface area contributed by atoms with Crippen LogP contribution in [0.15, 0.2) is 30.8 Å². The van der Waals surface area contributed by atoms with E-state index in [-0.39, 0.29) is 0 Å². The van der Waals surface area contributed by atoms with Crippen LogP contribution in [0.5, 0.6) is 0 Å². The van der Waals surface area contributed by atoms with Gasteiger partial charge < -0.3 is 5.32 Å². The van der Waals surface area contributed by atoms with E-state index in [0.717, 1.165) is 0 Å². The lowest BCUT2D eigenvalue weighted by molar-refractivity contribution is -0.394. The molecule has 10 heteroatoms. The van der Waals surface area contributed by atoms with Crippen molar-refractivity contribution in [1.82, 2.24) is 5.32 Å². The second kappa shape index (κ2) is 6.66. The fourth-order valence-electron chi connectivity index (χ4n) is 1.65. The summed E-state index contributed by atoms with van der Waals surface area (Å²) in [5.74, 6) is -19.1. The summed E-state index contributed by atoms with van der Waals surface area (Å²) in [5, 5.41) is 1.75. The maximum Gasteiger partial charge on any atom is 0.460 e. The molecule has 1 aromatic rings. The Morgan fingerprint density at radius 2 is 1.33 bits per heavy atom. The topological polar surface area (TPSA) is 12.0 Å². The van der Waals surface area contributed by atoms with Crippen LogP contribution in [0.25, 0.3) is 6.08 Å². The van der Waals surface area contributed by atoms with Crippen LogP contribution in [0.1, 0.15) is 11.1 Å². The summed E-state index contributed by atoms with van der Waals surface area (Å²) in [6, 6.07) is 5.89. The SMILES string of the molecule is C=Cc1ccc(CNCC(F)(F)C(F)(F)C(F)(F)C(F)(F)F)cc1. The molecular weight excluding hydrogens is 353 g/mol. The third-order valence-corrected chi connectivity index (χ3v) is 3.10. The van der Waals surface area contributed by atoms with Crippen molar-refractivity contribution in [2.75, 3.05) is 6.54 Å². The monoisotopic (exact) mass is 365 g/mol. The second-order valence-electron chi connectivity index (χ2n) is 4.90. The van der Waals surface area contributed by atoms with Gasteiger partial charge >= 0.3 is 23.9 Å². The van der Waals surface area contributed by atoms with Gasteiger partial charge in [0.15, 0.2) is 0 Å². The molecule has 0 aliphatic heterocycles. The van der Waals surface area contributed by atoms with E-state index in [0.29, 0.717) is 11.1 Å². The van der Waals surface area contributed by atoms with Gasteiger partial charge in [0, 0.05) is 6.54 Å². The first-order chi connectivity index (χ1) is 10.8. The van der Waals surface area contributed by atoms with Crippen molar-refractivity contribution in [3.05, 3.63) is 42.0 Å². The molecule has 0 saturated carbocycles. The molecule has 0 unspecified atom stereocenters. The van der Waals surface area contributed by atoms with Gasteiger partial charge in [-0.05, 0) is 11.1 Å². The lowest BCUT2D eigenvalue weighted by Crippen LogP contribution is -2.63. The molecule has 0 atom stereocenters. The van der Waals surface area contributed by atoms with E-state index in [2.05, 4.69) is 6.58 Å². The Morgan fingerprint density at radius 3 is 1.75 bits per heavy atom. The zero-order valence-electron chi connectivity index (χ0n) is 11.9. The summed E-state index contributed by atoms with van der Waals surface area (Å²) in [4.78, 5) is 0. The average molecular weight is 365 g/mol. The van der Waals surface area contributed by atoms with Crippen molar-refractivity contribution in [2.24, 2.45) is 0 Å². The number of alkyl halides is 9. The molecule has 0 radical (unpaired) electrons. The van der Waals surface area contributed by atoms with Crippen molar-refractivity contribution in [1.29, 1.82) is 0 Å². The zero-order valence-corrected chi connectivity index (χ0v) is 11.9. The highest BCUT2D eigenvalue weighted by Crippen LogP contribution is 2.52. The summed E-state index contributed by atoms with van der Waals surface area (Å²) >= 11 is 0. The standard InChI is InChI=1S/C14H12F9N/c1-2-9-3-5-10(6-4-9)7-24-8-11(15,16)12(17,18)13(19,20)14(21,22)23/h2-6,24H,1,7-8H2. The Labute approximate surface area is 131 Å². The number of halogens is 9. The van der Waals surface area contributed by atoms with Gasteiger partial charge in [0.25, 0.3) is 0 Å². The minimum absolute atomic E-state index is 0.335. The lowest BCUT2D eigenvalue weighted by Gasteiger charge is -2.33. The number of nitrogens with one attached hydrogen (secondary N) is 1. The molecule has 1 N–H and O–H groups in total. The van der Waals surface area contributed by atoms with E-state index in [1.54, 1.807) is 5.32 Å². The Hall–Kier alpha value is -1.71. The number of hydrogen-bond acceptors (Lipinski definition) is 1. The van der Waals surface area contributed by atoms with Crippen LogP contribution >= 0.6 is 0 Å². The van der Waals surface area contributed by atoms with E-state index in [4.69, 9.17) is 0 Å². The fraction of sp³-hybridized carbons (Fsp3) is 0.429. The van der Waals surface area contributed by atoms with Crippen LogP contribution in [0.3, 0.4) is 0 Å². The fourth-order valence-corrected chi connectivity index (χ4v) is 1.65. The van der Waals surface area contributed by atoms with E-state index in [1.807, 2.05) is 0 Å². The number of rotatable bonds is 7. The summed E-state index contributed by atoms with van der Waals surface area (Å²) in [5.41, 5.74) is 1.02. The van der Waals surface area contributed by atoms with Crippen LogP contribution in [0.4, 0.5) is 39.5 Å². The van der Waals surface area contributed by atoms with Gasteiger partial charge in [-0.2, -0.15) is 39.5 Å². The maximum atomic E-state index is 13.2. The summed E-state index contributed by atoms with van der Waals surface area (Å²) in [6.07, 6.45) is -5.33. The Balaban J connectivity index is 2.79. The first-order valence-corrected chi connectivity index (χ1v) is 6.38. The molecule has 0 bridgehead atoms. The van der Waals surface area contributed by atoms with E-state index < -0.39 is 37.0 Å². The Morgan fingerprint density at radius 1 is 0.833 bits per heavy atom. The first-order valence-electron chi connectivity index (χ1n) is 6.38. The summed E-state index contributed by atoms with van der Waals surface area (Å²) < 4.78 is 114. The average Bonchev–Trinajstić information content (AvgIpc) is 2.46. The lowest BCUT2D eigenvalue weighted by atomic mass is 10.0. The quantitative estimate of drug-likeness (QED) is 0.679. The molecule has 0 saturated heterocycles. The minimum Gasteiger partial charge on any atom is -0.307 e. The third-order valence-electron chi connectivity index (χ3n) is 3.10. The third kappa shape index (κ3) is 3.85. The molecule has 0 heterocycles. The molecule has 136 valence electrons. The predicted molar refractivity (Wildman–Crippen MR) is 69.1 cm³/mol. The van der Waals surface area contributed by atoms with Gasteiger partial charge in [-0.25, -0.2) is 0 Å². The van der Waals surface area contributed by atoms with Crippen LogP contribution in [0.2, 0.25) is 0 Å². The van der Waals surface area contributed by atoms with Crippen molar-refractivity contribution >= 4 is 6.08 Å². The van der Waals surface area contributed by atoms with E-state index >= 15 is 0 Å².